The Morgan fingerprint density at radius 1 is 1.00 bits per heavy atom. The zero-order valence-corrected chi connectivity index (χ0v) is 12.6. The minimum Gasteiger partial charge on any atom is -0.306 e. The highest BCUT2D eigenvalue weighted by molar-refractivity contribution is 5.78. The molecule has 2 fully saturated rings. The number of hydrogen-bond donors (Lipinski definition) is 0. The number of piperidine rings is 2. The normalized spacial score (nSPS) is 26.4. The highest BCUT2D eigenvalue weighted by Crippen LogP contribution is 2.15. The van der Waals surface area contributed by atoms with E-state index in [2.05, 4.69) is 23.9 Å². The van der Waals surface area contributed by atoms with Gasteiger partial charge in [-0.15, -0.1) is 0 Å². The number of carbonyl (C=O) groups is 2. The van der Waals surface area contributed by atoms with Crippen LogP contribution in [0.1, 0.15) is 47.5 Å². The van der Waals surface area contributed by atoms with Crippen molar-refractivity contribution in [2.24, 2.45) is 11.8 Å². The second-order valence-electron chi connectivity index (χ2n) is 6.01. The summed E-state index contributed by atoms with van der Waals surface area (Å²) in [6.45, 7) is 5.94. The molecule has 0 aliphatic carbocycles. The molecule has 0 spiro atoms. The molecule has 0 aromatic carbocycles. The van der Waals surface area contributed by atoms with Crippen molar-refractivity contribution in [3.63, 3.8) is 0 Å². The Morgan fingerprint density at radius 2 is 1.52 bits per heavy atom. The van der Waals surface area contributed by atoms with E-state index in [-0.39, 0.29) is 14.9 Å². The van der Waals surface area contributed by atoms with Gasteiger partial charge in [-0.25, -0.2) is 0 Å². The second-order valence-corrected chi connectivity index (χ2v) is 6.01. The van der Waals surface area contributed by atoms with E-state index in [9.17, 15) is 9.59 Å². The molecular weight excluding hydrogens is 264 g/mol. The first-order valence-electron chi connectivity index (χ1n) is 7.35. The minimum atomic E-state index is 0. The number of Topliss-reactive ketones (excluding diaryl/α,β-unsaturated/α-hetero) is 1. The number of nitrogens with zero attached hydrogens (tertiary/aromatic N) is 2. The Balaban J connectivity index is 0. The van der Waals surface area contributed by atoms with Crippen LogP contribution in [0, 0.1) is 11.8 Å². The predicted molar refractivity (Wildman–Crippen MR) is 90.6 cm³/mol. The van der Waals surface area contributed by atoms with E-state index in [4.69, 9.17) is 0 Å². The van der Waals surface area contributed by atoms with Crippen LogP contribution in [0.2, 0.25) is 0 Å². The molecule has 2 aliphatic rings. The van der Waals surface area contributed by atoms with Gasteiger partial charge in [-0.1, -0.05) is 14.9 Å². The van der Waals surface area contributed by atoms with Gasteiger partial charge >= 0.3 is 0 Å². The zero-order valence-electron chi connectivity index (χ0n) is 12.6. The van der Waals surface area contributed by atoms with E-state index in [0.717, 1.165) is 45.3 Å². The molecule has 4 heteroatoms. The Morgan fingerprint density at radius 3 is 1.86 bits per heavy atom. The molecule has 0 amide bonds. The number of likely N-dealkylation sites (tertiary alicyclic amines) is 2. The third-order valence-electron chi connectivity index (χ3n) is 4.05. The minimum absolute atomic E-state index is 0. The predicted octanol–water partition coefficient (Wildman–Crippen LogP) is 2.72. The third-order valence-corrected chi connectivity index (χ3v) is 4.05. The first-order chi connectivity index (χ1) is 9.02. The van der Waals surface area contributed by atoms with Crippen molar-refractivity contribution < 1.29 is 9.59 Å². The molecule has 0 bridgehead atoms. The summed E-state index contributed by atoms with van der Waals surface area (Å²) in [4.78, 5) is 25.6. The summed E-state index contributed by atoms with van der Waals surface area (Å²) < 4.78 is 0. The molecule has 0 aromatic rings. The summed E-state index contributed by atoms with van der Waals surface area (Å²) in [6, 6.07) is 0. The van der Waals surface area contributed by atoms with Crippen LogP contribution in [-0.4, -0.2) is 62.1 Å². The number of rotatable bonds is 2. The summed E-state index contributed by atoms with van der Waals surface area (Å²) in [5, 5.41) is 0. The van der Waals surface area contributed by atoms with Crippen molar-refractivity contribution in [2.75, 3.05) is 40.3 Å². The number of hydrogen-bond acceptors (Lipinski definition) is 4. The lowest BCUT2D eigenvalue weighted by molar-refractivity contribution is -0.122. The number of ketones is 1. The first-order valence-corrected chi connectivity index (χ1v) is 7.35. The molecule has 0 N–H and O–H groups in total. The summed E-state index contributed by atoms with van der Waals surface area (Å²) in [5.41, 5.74) is 0. The van der Waals surface area contributed by atoms with Gasteiger partial charge in [0.1, 0.15) is 12.1 Å². The third kappa shape index (κ3) is 8.99. The van der Waals surface area contributed by atoms with Gasteiger partial charge in [-0.2, -0.15) is 0 Å². The molecule has 0 aromatic heterocycles. The van der Waals surface area contributed by atoms with Crippen LogP contribution >= 0.6 is 0 Å². The van der Waals surface area contributed by atoms with Gasteiger partial charge in [0.15, 0.2) is 0 Å². The fourth-order valence-corrected chi connectivity index (χ4v) is 2.82. The molecule has 126 valence electrons. The van der Waals surface area contributed by atoms with Crippen LogP contribution in [0.4, 0.5) is 0 Å². The average Bonchev–Trinajstić information content (AvgIpc) is 2.39. The summed E-state index contributed by atoms with van der Waals surface area (Å²) in [5.74, 6) is 0.981. The summed E-state index contributed by atoms with van der Waals surface area (Å²) in [7, 11) is 4.14. The van der Waals surface area contributed by atoms with Crippen molar-refractivity contribution in [1.29, 1.82) is 0 Å². The summed E-state index contributed by atoms with van der Waals surface area (Å²) >= 11 is 0. The van der Waals surface area contributed by atoms with Gasteiger partial charge in [-0.05, 0) is 59.8 Å². The van der Waals surface area contributed by atoms with Gasteiger partial charge in [0.25, 0.3) is 0 Å². The fourth-order valence-electron chi connectivity index (χ4n) is 2.82. The van der Waals surface area contributed by atoms with Gasteiger partial charge in [-0.3, -0.25) is 4.79 Å². The van der Waals surface area contributed by atoms with E-state index in [1.807, 2.05) is 0 Å². The molecule has 2 aliphatic heterocycles. The molecule has 0 radical (unpaired) electrons. The second kappa shape index (κ2) is 11.9. The lowest BCUT2D eigenvalue weighted by Gasteiger charge is -2.27. The van der Waals surface area contributed by atoms with Crippen LogP contribution < -0.4 is 0 Å². The molecule has 2 atom stereocenters. The van der Waals surface area contributed by atoms with E-state index < -0.39 is 0 Å². The largest absolute Gasteiger partial charge is 0.306 e. The fraction of sp³-hybridized carbons (Fsp3) is 0.882. The maximum absolute atomic E-state index is 10.9. The quantitative estimate of drug-likeness (QED) is 0.735. The topological polar surface area (TPSA) is 40.6 Å². The van der Waals surface area contributed by atoms with E-state index in [0.29, 0.717) is 17.6 Å². The van der Waals surface area contributed by atoms with E-state index in [1.165, 1.54) is 12.8 Å². The van der Waals surface area contributed by atoms with Crippen molar-refractivity contribution in [3.8, 4) is 0 Å². The van der Waals surface area contributed by atoms with Gasteiger partial charge in [0, 0.05) is 24.9 Å². The highest BCUT2D eigenvalue weighted by Gasteiger charge is 2.20. The van der Waals surface area contributed by atoms with Crippen LogP contribution in [0.15, 0.2) is 0 Å². The monoisotopic (exact) mass is 300 g/mol. The Hall–Kier alpha value is -0.740. The van der Waals surface area contributed by atoms with E-state index >= 15 is 0 Å². The zero-order chi connectivity index (χ0) is 14.3. The first kappa shape index (κ1) is 22.5. The Kier molecular flexibility index (Phi) is 12.7. The number of aldehydes is 1. The highest BCUT2D eigenvalue weighted by atomic mass is 16.1. The average molecular weight is 300 g/mol. The molecule has 4 nitrogen and oxygen atoms in total. The molecule has 2 unspecified atom stereocenters. The van der Waals surface area contributed by atoms with Crippen molar-refractivity contribution in [3.05, 3.63) is 0 Å². The number of carbonyl (C=O) groups excluding carboxylic acids is 2. The smallest absolute Gasteiger partial charge is 0.134 e. The van der Waals surface area contributed by atoms with Crippen LogP contribution in [0.5, 0.6) is 0 Å². The molecule has 21 heavy (non-hydrogen) atoms. The molecule has 0 saturated carbocycles. The van der Waals surface area contributed by atoms with Gasteiger partial charge in [0.05, 0.1) is 0 Å². The van der Waals surface area contributed by atoms with E-state index in [1.54, 1.807) is 6.92 Å². The van der Waals surface area contributed by atoms with Crippen LogP contribution in [0.3, 0.4) is 0 Å². The standard InChI is InChI=1S/C8H15NO.C7H13NO.2CH4/c1-7(10)8-4-3-5-9(2)6-8;1-8-4-2-3-7(5-8)6-9;;/h8H,3-6H2,1-2H3;6-7H,2-5H2,1H3;2*1H4. The SMILES string of the molecule is C.C.CC(=O)C1CCCN(C)C1.CN1CCCC(C=O)C1. The Bertz CT molecular complexity index is 295. The lowest BCUT2D eigenvalue weighted by atomic mass is 9.95. The molecule has 2 saturated heterocycles. The molecule has 2 heterocycles. The lowest BCUT2D eigenvalue weighted by Crippen LogP contribution is -2.35. The molecular formula is C17H36N2O2. The maximum Gasteiger partial charge on any atom is 0.134 e. The van der Waals surface area contributed by atoms with Crippen molar-refractivity contribution >= 4 is 12.1 Å². The van der Waals surface area contributed by atoms with Crippen LogP contribution in [0.25, 0.3) is 0 Å². The van der Waals surface area contributed by atoms with Gasteiger partial charge < -0.3 is 14.6 Å². The molecule has 2 rings (SSSR count). The van der Waals surface area contributed by atoms with Crippen molar-refractivity contribution in [1.82, 2.24) is 9.80 Å². The van der Waals surface area contributed by atoms with Crippen molar-refractivity contribution in [2.45, 2.75) is 47.5 Å². The maximum atomic E-state index is 10.9. The Labute approximate surface area is 131 Å². The van der Waals surface area contributed by atoms with Gasteiger partial charge in [0.2, 0.25) is 0 Å². The van der Waals surface area contributed by atoms with Crippen LogP contribution in [-0.2, 0) is 9.59 Å². The summed E-state index contributed by atoms with van der Waals surface area (Å²) in [6.07, 6.45) is 5.63.